The largest absolute Gasteiger partial charge is 0.121 e. The van der Waals surface area contributed by atoms with Gasteiger partial charge in [0.05, 0.1) is 10.8 Å². The molecule has 0 aromatic heterocycles. The molecule has 0 unspecified atom stereocenters. The topological polar surface area (TPSA) is 0 Å². The van der Waals surface area contributed by atoms with Crippen molar-refractivity contribution in [1.29, 1.82) is 0 Å². The summed E-state index contributed by atoms with van der Waals surface area (Å²) in [5.74, 6) is 0. The van der Waals surface area contributed by atoms with E-state index in [4.69, 9.17) is 23.2 Å². The van der Waals surface area contributed by atoms with Gasteiger partial charge in [0.2, 0.25) is 0 Å². The lowest BCUT2D eigenvalue weighted by atomic mass is 10.1. The van der Waals surface area contributed by atoms with E-state index in [1.54, 1.807) is 0 Å². The molecule has 2 heteroatoms. The van der Waals surface area contributed by atoms with Gasteiger partial charge in [0.1, 0.15) is 0 Å². The highest BCUT2D eigenvalue weighted by atomic mass is 35.5. The molecule has 0 saturated carbocycles. The Hall–Kier alpha value is 0.320. The van der Waals surface area contributed by atoms with Gasteiger partial charge in [0.25, 0.3) is 0 Å². The minimum absolute atomic E-state index is 0.173. The van der Waals surface area contributed by atoms with Crippen LogP contribution in [0.1, 0.15) is 25.7 Å². The molecular formula is C8H12Cl2. The fourth-order valence-electron chi connectivity index (χ4n) is 1.11. The summed E-state index contributed by atoms with van der Waals surface area (Å²) in [6.45, 7) is 0. The molecule has 1 aliphatic rings. The first-order chi connectivity index (χ1) is 4.80. The maximum absolute atomic E-state index is 5.98. The van der Waals surface area contributed by atoms with Crippen LogP contribution in [-0.4, -0.2) is 10.8 Å². The molecule has 0 aliphatic heterocycles. The zero-order chi connectivity index (χ0) is 7.40. The summed E-state index contributed by atoms with van der Waals surface area (Å²) in [6, 6.07) is 0. The maximum Gasteiger partial charge on any atom is 0.0502 e. The lowest BCUT2D eigenvalue weighted by molar-refractivity contribution is 0.654. The quantitative estimate of drug-likeness (QED) is 0.395. The van der Waals surface area contributed by atoms with E-state index in [2.05, 4.69) is 12.2 Å². The monoisotopic (exact) mass is 178 g/mol. The summed E-state index contributed by atoms with van der Waals surface area (Å²) >= 11 is 12.0. The van der Waals surface area contributed by atoms with Gasteiger partial charge >= 0.3 is 0 Å². The van der Waals surface area contributed by atoms with Gasteiger partial charge in [-0.3, -0.25) is 0 Å². The lowest BCUT2D eigenvalue weighted by Crippen LogP contribution is -2.15. The van der Waals surface area contributed by atoms with Crippen molar-refractivity contribution in [1.82, 2.24) is 0 Å². The molecule has 0 amide bonds. The third-order valence-corrected chi connectivity index (χ3v) is 2.95. The van der Waals surface area contributed by atoms with Crippen molar-refractivity contribution in [3.8, 4) is 0 Å². The Labute approximate surface area is 72.2 Å². The standard InChI is InChI=1S/C8H12Cl2/c9-7-5-3-1-2-4-6-8(7)10/h1-2,7-8H,3-6H2/t7-,8+. The Bertz CT molecular complexity index is 106. The minimum Gasteiger partial charge on any atom is -0.121 e. The van der Waals surface area contributed by atoms with E-state index in [-0.39, 0.29) is 10.8 Å². The highest BCUT2D eigenvalue weighted by Crippen LogP contribution is 2.22. The van der Waals surface area contributed by atoms with E-state index in [1.165, 1.54) is 0 Å². The average molecular weight is 179 g/mol. The molecule has 10 heavy (non-hydrogen) atoms. The molecule has 1 rings (SSSR count). The second kappa shape index (κ2) is 4.25. The molecule has 0 aromatic rings. The normalized spacial score (nSPS) is 35.0. The van der Waals surface area contributed by atoms with E-state index in [9.17, 15) is 0 Å². The van der Waals surface area contributed by atoms with Crippen LogP contribution in [0.4, 0.5) is 0 Å². The van der Waals surface area contributed by atoms with Gasteiger partial charge in [-0.05, 0) is 25.7 Å². The number of halogens is 2. The van der Waals surface area contributed by atoms with Crippen LogP contribution in [0.5, 0.6) is 0 Å². The van der Waals surface area contributed by atoms with E-state index in [0.717, 1.165) is 25.7 Å². The van der Waals surface area contributed by atoms with E-state index < -0.39 is 0 Å². The zero-order valence-corrected chi connectivity index (χ0v) is 7.41. The molecule has 1 aliphatic carbocycles. The van der Waals surface area contributed by atoms with Crippen LogP contribution >= 0.6 is 23.2 Å². The fourth-order valence-corrected chi connectivity index (χ4v) is 1.61. The summed E-state index contributed by atoms with van der Waals surface area (Å²) in [5.41, 5.74) is 0. The zero-order valence-electron chi connectivity index (χ0n) is 5.89. The Morgan fingerprint density at radius 2 is 1.30 bits per heavy atom. The van der Waals surface area contributed by atoms with Crippen molar-refractivity contribution < 1.29 is 0 Å². The van der Waals surface area contributed by atoms with E-state index in [0.29, 0.717) is 0 Å². The molecule has 58 valence electrons. The van der Waals surface area contributed by atoms with Crippen molar-refractivity contribution in [2.75, 3.05) is 0 Å². The summed E-state index contributed by atoms with van der Waals surface area (Å²) < 4.78 is 0. The van der Waals surface area contributed by atoms with Gasteiger partial charge < -0.3 is 0 Å². The lowest BCUT2D eigenvalue weighted by Gasteiger charge is -2.15. The van der Waals surface area contributed by atoms with Crippen LogP contribution in [0.3, 0.4) is 0 Å². The number of allylic oxidation sites excluding steroid dienone is 2. The summed E-state index contributed by atoms with van der Waals surface area (Å²) in [5, 5.41) is 0.346. The Morgan fingerprint density at radius 1 is 0.900 bits per heavy atom. The second-order valence-corrected chi connectivity index (χ2v) is 3.78. The second-order valence-electron chi connectivity index (χ2n) is 2.66. The highest BCUT2D eigenvalue weighted by Gasteiger charge is 2.15. The Balaban J connectivity index is 2.40. The summed E-state index contributed by atoms with van der Waals surface area (Å²) in [6.07, 6.45) is 8.59. The van der Waals surface area contributed by atoms with Gasteiger partial charge in [-0.25, -0.2) is 0 Å². The molecule has 0 N–H and O–H groups in total. The molecule has 0 fully saturated rings. The van der Waals surface area contributed by atoms with Crippen LogP contribution in [0.2, 0.25) is 0 Å². The van der Waals surface area contributed by atoms with Gasteiger partial charge in [-0.1, -0.05) is 12.2 Å². The molecule has 0 heterocycles. The van der Waals surface area contributed by atoms with E-state index in [1.807, 2.05) is 0 Å². The average Bonchev–Trinajstić information content (AvgIpc) is 1.92. The maximum atomic E-state index is 5.98. The van der Waals surface area contributed by atoms with Gasteiger partial charge in [-0.15, -0.1) is 23.2 Å². The van der Waals surface area contributed by atoms with Crippen molar-refractivity contribution in [2.45, 2.75) is 36.4 Å². The van der Waals surface area contributed by atoms with Crippen LogP contribution in [0.15, 0.2) is 12.2 Å². The van der Waals surface area contributed by atoms with Crippen molar-refractivity contribution in [2.24, 2.45) is 0 Å². The smallest absolute Gasteiger partial charge is 0.0502 e. The fraction of sp³-hybridized carbons (Fsp3) is 0.750. The molecule has 0 bridgehead atoms. The third-order valence-electron chi connectivity index (χ3n) is 1.78. The Morgan fingerprint density at radius 3 is 1.70 bits per heavy atom. The van der Waals surface area contributed by atoms with Crippen LogP contribution in [0, 0.1) is 0 Å². The summed E-state index contributed by atoms with van der Waals surface area (Å²) in [4.78, 5) is 0. The first-order valence-electron chi connectivity index (χ1n) is 3.74. The van der Waals surface area contributed by atoms with Crippen LogP contribution in [0.25, 0.3) is 0 Å². The Kier molecular flexibility index (Phi) is 3.58. The summed E-state index contributed by atoms with van der Waals surface area (Å²) in [7, 11) is 0. The number of rotatable bonds is 0. The first-order valence-corrected chi connectivity index (χ1v) is 4.61. The molecule has 0 aromatic carbocycles. The third kappa shape index (κ3) is 2.51. The first kappa shape index (κ1) is 8.42. The van der Waals surface area contributed by atoms with Crippen LogP contribution < -0.4 is 0 Å². The molecule has 0 nitrogen and oxygen atoms in total. The molecule has 0 spiro atoms. The van der Waals surface area contributed by atoms with Gasteiger partial charge in [0, 0.05) is 0 Å². The minimum atomic E-state index is 0.173. The molecule has 0 saturated heterocycles. The number of alkyl halides is 2. The van der Waals surface area contributed by atoms with Crippen molar-refractivity contribution in [3.05, 3.63) is 12.2 Å². The van der Waals surface area contributed by atoms with Crippen LogP contribution in [-0.2, 0) is 0 Å². The molecule has 0 radical (unpaired) electrons. The predicted molar refractivity (Wildman–Crippen MR) is 46.9 cm³/mol. The highest BCUT2D eigenvalue weighted by molar-refractivity contribution is 6.29. The van der Waals surface area contributed by atoms with Crippen molar-refractivity contribution in [3.63, 3.8) is 0 Å². The van der Waals surface area contributed by atoms with E-state index >= 15 is 0 Å². The molecule has 2 atom stereocenters. The van der Waals surface area contributed by atoms with Crippen molar-refractivity contribution >= 4 is 23.2 Å². The number of hydrogen-bond acceptors (Lipinski definition) is 0. The van der Waals surface area contributed by atoms with Gasteiger partial charge in [-0.2, -0.15) is 0 Å². The van der Waals surface area contributed by atoms with Gasteiger partial charge in [0.15, 0.2) is 0 Å². The predicted octanol–water partition coefficient (Wildman–Crippen LogP) is 3.33. The molecular weight excluding hydrogens is 167 g/mol. The number of hydrogen-bond donors (Lipinski definition) is 0. The SMILES string of the molecule is Cl[C@@H]1CCC=CCC[C@@H]1Cl.